The molecule has 0 bridgehead atoms. The molecular weight excluding hydrogens is 218 g/mol. The molecule has 0 unspecified atom stereocenters. The Balaban J connectivity index is 2.31. The smallest absolute Gasteiger partial charge is 0.242 e. The second kappa shape index (κ2) is 5.38. The molecule has 0 spiro atoms. The predicted octanol–water partition coefficient (Wildman–Crippen LogP) is 1.22. The summed E-state index contributed by atoms with van der Waals surface area (Å²) in [6, 6.07) is 7.21. The van der Waals surface area contributed by atoms with E-state index in [1.165, 1.54) is 6.20 Å². The normalized spacial score (nSPS) is 10.2. The van der Waals surface area contributed by atoms with Gasteiger partial charge in [-0.2, -0.15) is 0 Å². The number of aliphatic hydroxyl groups is 1. The first-order chi connectivity index (χ1) is 8.35. The van der Waals surface area contributed by atoms with Gasteiger partial charge in [0.05, 0.1) is 6.61 Å². The summed E-state index contributed by atoms with van der Waals surface area (Å²) >= 11 is 0. The lowest BCUT2D eigenvalue weighted by Crippen LogP contribution is -2.04. The highest BCUT2D eigenvalue weighted by Gasteiger charge is 2.08. The monoisotopic (exact) mass is 231 g/mol. The maximum Gasteiger partial charge on any atom is 0.242 e. The third-order valence-electron chi connectivity index (χ3n) is 2.28. The minimum Gasteiger partial charge on any atom is -0.437 e. The number of para-hydroxylation sites is 1. The van der Waals surface area contributed by atoms with Gasteiger partial charge in [0.15, 0.2) is 0 Å². The van der Waals surface area contributed by atoms with Gasteiger partial charge >= 0.3 is 0 Å². The van der Waals surface area contributed by atoms with Crippen LogP contribution in [0.2, 0.25) is 0 Å². The molecule has 0 atom stereocenters. The first-order valence-electron chi connectivity index (χ1n) is 5.21. The van der Waals surface area contributed by atoms with Crippen LogP contribution in [0.15, 0.2) is 36.7 Å². The van der Waals surface area contributed by atoms with Gasteiger partial charge in [-0.3, -0.25) is 4.98 Å². The SMILES string of the molecule is NCc1nccnc1Oc1ccccc1CO. The molecule has 0 radical (unpaired) electrons. The highest BCUT2D eigenvalue weighted by molar-refractivity contribution is 5.36. The Morgan fingerprint density at radius 3 is 2.71 bits per heavy atom. The molecule has 88 valence electrons. The molecule has 2 aromatic rings. The summed E-state index contributed by atoms with van der Waals surface area (Å²) in [6.45, 7) is 0.166. The molecule has 0 fully saturated rings. The van der Waals surface area contributed by atoms with Gasteiger partial charge in [-0.15, -0.1) is 0 Å². The third-order valence-corrected chi connectivity index (χ3v) is 2.28. The second-order valence-corrected chi connectivity index (χ2v) is 3.38. The maximum absolute atomic E-state index is 9.18. The van der Waals surface area contributed by atoms with E-state index >= 15 is 0 Å². The van der Waals surface area contributed by atoms with Crippen LogP contribution in [0.5, 0.6) is 11.6 Å². The number of aliphatic hydroxyl groups excluding tert-OH is 1. The maximum atomic E-state index is 9.18. The number of ether oxygens (including phenoxy) is 1. The Labute approximate surface area is 98.9 Å². The van der Waals surface area contributed by atoms with Crippen LogP contribution in [0.25, 0.3) is 0 Å². The molecule has 0 saturated heterocycles. The van der Waals surface area contributed by atoms with Crippen LogP contribution in [0, 0.1) is 0 Å². The first-order valence-corrected chi connectivity index (χ1v) is 5.21. The number of aromatic nitrogens is 2. The summed E-state index contributed by atoms with van der Waals surface area (Å²) in [5.74, 6) is 0.932. The van der Waals surface area contributed by atoms with Crippen LogP contribution < -0.4 is 10.5 Å². The third kappa shape index (κ3) is 2.58. The molecule has 1 aromatic heterocycles. The molecule has 3 N–H and O–H groups in total. The van der Waals surface area contributed by atoms with Gasteiger partial charge in [0, 0.05) is 24.5 Å². The van der Waals surface area contributed by atoms with Gasteiger partial charge in [0.2, 0.25) is 5.88 Å². The van der Waals surface area contributed by atoms with Crippen LogP contribution >= 0.6 is 0 Å². The van der Waals surface area contributed by atoms with E-state index in [4.69, 9.17) is 10.5 Å². The Hall–Kier alpha value is -1.98. The van der Waals surface area contributed by atoms with Crippen molar-refractivity contribution in [2.75, 3.05) is 0 Å². The Bertz CT molecular complexity index is 457. The standard InChI is InChI=1S/C12H13N3O2/c13-7-10-12(15-6-5-14-10)17-11-4-2-1-3-9(11)8-16/h1-6,16H,7-8,13H2. The number of rotatable bonds is 4. The van der Waals surface area contributed by atoms with Gasteiger partial charge in [0.1, 0.15) is 11.4 Å². The number of nitrogens with two attached hydrogens (primary N) is 1. The highest BCUT2D eigenvalue weighted by Crippen LogP contribution is 2.25. The van der Waals surface area contributed by atoms with E-state index in [0.29, 0.717) is 22.9 Å². The zero-order valence-electron chi connectivity index (χ0n) is 9.21. The Morgan fingerprint density at radius 2 is 1.94 bits per heavy atom. The predicted molar refractivity (Wildman–Crippen MR) is 62.4 cm³/mol. The van der Waals surface area contributed by atoms with E-state index in [2.05, 4.69) is 9.97 Å². The largest absolute Gasteiger partial charge is 0.437 e. The highest BCUT2D eigenvalue weighted by atomic mass is 16.5. The first kappa shape index (κ1) is 11.5. The van der Waals surface area contributed by atoms with Gasteiger partial charge in [0.25, 0.3) is 0 Å². The summed E-state index contributed by atoms with van der Waals surface area (Å²) in [4.78, 5) is 8.15. The summed E-state index contributed by atoms with van der Waals surface area (Å²) in [5.41, 5.74) is 6.82. The summed E-state index contributed by atoms with van der Waals surface area (Å²) in [6.07, 6.45) is 3.10. The van der Waals surface area contributed by atoms with Gasteiger partial charge in [-0.25, -0.2) is 4.98 Å². The van der Waals surface area contributed by atoms with E-state index in [-0.39, 0.29) is 13.2 Å². The quantitative estimate of drug-likeness (QED) is 0.826. The number of hydrogen-bond donors (Lipinski definition) is 2. The molecular formula is C12H13N3O2. The van der Waals surface area contributed by atoms with Gasteiger partial charge < -0.3 is 15.6 Å². The lowest BCUT2D eigenvalue weighted by Gasteiger charge is -2.10. The molecule has 0 amide bonds. The van der Waals surface area contributed by atoms with Crippen molar-refractivity contribution >= 4 is 0 Å². The molecule has 1 aromatic carbocycles. The van der Waals surface area contributed by atoms with Crippen molar-refractivity contribution in [3.05, 3.63) is 47.9 Å². The van der Waals surface area contributed by atoms with Gasteiger partial charge in [-0.05, 0) is 6.07 Å². The van der Waals surface area contributed by atoms with Crippen LogP contribution in [-0.2, 0) is 13.2 Å². The molecule has 2 rings (SSSR count). The molecule has 17 heavy (non-hydrogen) atoms. The molecule has 0 aliphatic heterocycles. The minimum absolute atomic E-state index is 0.0889. The van der Waals surface area contributed by atoms with E-state index in [1.807, 2.05) is 12.1 Å². The van der Waals surface area contributed by atoms with Crippen molar-refractivity contribution in [3.8, 4) is 11.6 Å². The van der Waals surface area contributed by atoms with Gasteiger partial charge in [-0.1, -0.05) is 18.2 Å². The van der Waals surface area contributed by atoms with Crippen molar-refractivity contribution in [2.45, 2.75) is 13.2 Å². The van der Waals surface area contributed by atoms with E-state index in [9.17, 15) is 5.11 Å². The van der Waals surface area contributed by atoms with Crippen LogP contribution in [0.3, 0.4) is 0 Å². The number of hydrogen-bond acceptors (Lipinski definition) is 5. The van der Waals surface area contributed by atoms with Crippen molar-refractivity contribution < 1.29 is 9.84 Å². The minimum atomic E-state index is -0.0889. The summed E-state index contributed by atoms with van der Waals surface area (Å²) in [7, 11) is 0. The van der Waals surface area contributed by atoms with Crippen molar-refractivity contribution in [1.29, 1.82) is 0 Å². The zero-order valence-corrected chi connectivity index (χ0v) is 9.21. The van der Waals surface area contributed by atoms with E-state index in [0.717, 1.165) is 0 Å². The van der Waals surface area contributed by atoms with Crippen molar-refractivity contribution in [3.63, 3.8) is 0 Å². The molecule has 0 aliphatic carbocycles. The van der Waals surface area contributed by atoms with E-state index < -0.39 is 0 Å². The average Bonchev–Trinajstić information content (AvgIpc) is 2.40. The van der Waals surface area contributed by atoms with Crippen LogP contribution in [-0.4, -0.2) is 15.1 Å². The Morgan fingerprint density at radius 1 is 1.18 bits per heavy atom. The van der Waals surface area contributed by atoms with E-state index in [1.54, 1.807) is 18.3 Å². The lowest BCUT2D eigenvalue weighted by molar-refractivity contribution is 0.276. The zero-order chi connectivity index (χ0) is 12.1. The second-order valence-electron chi connectivity index (χ2n) is 3.38. The topological polar surface area (TPSA) is 81.3 Å². The van der Waals surface area contributed by atoms with Crippen molar-refractivity contribution in [2.24, 2.45) is 5.73 Å². The molecule has 5 heteroatoms. The summed E-state index contributed by atoms with van der Waals surface area (Å²) < 4.78 is 5.61. The average molecular weight is 231 g/mol. The molecule has 0 aliphatic rings. The fraction of sp³-hybridized carbons (Fsp3) is 0.167. The van der Waals surface area contributed by atoms with Crippen molar-refractivity contribution in [1.82, 2.24) is 9.97 Å². The molecule has 1 heterocycles. The fourth-order valence-corrected chi connectivity index (χ4v) is 1.42. The summed E-state index contributed by atoms with van der Waals surface area (Å²) in [5, 5.41) is 9.18. The van der Waals surface area contributed by atoms with Crippen LogP contribution in [0.4, 0.5) is 0 Å². The molecule has 5 nitrogen and oxygen atoms in total. The molecule has 0 saturated carbocycles. The fourth-order valence-electron chi connectivity index (χ4n) is 1.42. The number of benzene rings is 1. The van der Waals surface area contributed by atoms with Crippen LogP contribution in [0.1, 0.15) is 11.3 Å². The lowest BCUT2D eigenvalue weighted by atomic mass is 10.2. The number of nitrogens with zero attached hydrogens (tertiary/aromatic N) is 2. The Kier molecular flexibility index (Phi) is 3.64.